The largest absolute Gasteiger partial charge is 1.00 e. The van der Waals surface area contributed by atoms with Crippen LogP contribution in [0, 0.1) is 0 Å². The number of imidazole rings is 1. The molecule has 0 radical (unpaired) electrons. The van der Waals surface area contributed by atoms with Crippen molar-refractivity contribution >= 4 is 19.0 Å². The minimum Gasteiger partial charge on any atom is -0.790 e. The van der Waals surface area contributed by atoms with E-state index in [1.807, 2.05) is 0 Å². The summed E-state index contributed by atoms with van der Waals surface area (Å²) in [5, 5.41) is 38.2. The maximum absolute atomic E-state index is 9.92. The Hall–Kier alpha value is 0.300. The number of aliphatic hydroxyl groups is 3. The monoisotopic (exact) mass is 410 g/mol. The van der Waals surface area contributed by atoms with E-state index in [1.54, 1.807) is 0 Å². The fourth-order valence-electron chi connectivity index (χ4n) is 2.14. The Morgan fingerprint density at radius 3 is 2.27 bits per heavy atom. The van der Waals surface area contributed by atoms with Gasteiger partial charge in [0.15, 0.2) is 17.4 Å². The Bertz CT molecular complexity index is 751. The maximum Gasteiger partial charge on any atom is 1.00 e. The van der Waals surface area contributed by atoms with Crippen molar-refractivity contribution in [3.8, 4) is 5.88 Å². The smallest absolute Gasteiger partial charge is 0.790 e. The molecule has 2 aromatic heterocycles. The summed E-state index contributed by atoms with van der Waals surface area (Å²) in [4.78, 5) is 35.7. The normalized spacial score (nSPS) is 25.0. The SMILES string of the molecule is O=P([O-])([O-])O.OC[C@H]1O[C@@H](n2cnc3c(O)ncnc32)[C@H](O)[C@@H]1O.[Na+].[Na+]. The van der Waals surface area contributed by atoms with Gasteiger partial charge in [0, 0.05) is 0 Å². The van der Waals surface area contributed by atoms with Crippen molar-refractivity contribution in [2.45, 2.75) is 24.5 Å². The summed E-state index contributed by atoms with van der Waals surface area (Å²) in [7, 11) is -5.14. The third kappa shape index (κ3) is 6.43. The molecule has 0 unspecified atom stereocenters. The molecular weight excluding hydrogens is 397 g/mol. The van der Waals surface area contributed by atoms with Gasteiger partial charge in [-0.25, -0.2) is 9.97 Å². The Labute approximate surface area is 190 Å². The Morgan fingerprint density at radius 2 is 1.77 bits per heavy atom. The van der Waals surface area contributed by atoms with Gasteiger partial charge >= 0.3 is 59.1 Å². The second kappa shape index (κ2) is 10.7. The molecule has 0 saturated carbocycles. The summed E-state index contributed by atoms with van der Waals surface area (Å²) in [5.74, 6) is -0.282. The van der Waals surface area contributed by atoms with E-state index in [2.05, 4.69) is 15.0 Å². The molecule has 0 spiro atoms. The number of aromatic nitrogens is 4. The van der Waals surface area contributed by atoms with Crippen molar-refractivity contribution in [1.29, 1.82) is 0 Å². The maximum atomic E-state index is 9.92. The van der Waals surface area contributed by atoms with Crippen molar-refractivity contribution in [2.24, 2.45) is 0 Å². The zero-order valence-corrected chi connectivity index (χ0v) is 18.7. The van der Waals surface area contributed by atoms with Gasteiger partial charge in [-0.1, -0.05) is 0 Å². The molecule has 16 heteroatoms. The van der Waals surface area contributed by atoms with Crippen LogP contribution in [0.5, 0.6) is 5.88 Å². The minimum absolute atomic E-state index is 0. The van der Waals surface area contributed by atoms with E-state index < -0.39 is 39.0 Å². The molecule has 1 aliphatic rings. The second-order valence-corrected chi connectivity index (χ2v) is 5.66. The predicted octanol–water partition coefficient (Wildman–Crippen LogP) is -10.0. The number of aliphatic hydroxyl groups excluding tert-OH is 3. The van der Waals surface area contributed by atoms with Crippen LogP contribution in [-0.4, -0.2) is 69.8 Å². The van der Waals surface area contributed by atoms with Crippen LogP contribution in [0.2, 0.25) is 0 Å². The van der Waals surface area contributed by atoms with Crippen LogP contribution in [0.15, 0.2) is 12.7 Å². The third-order valence-corrected chi connectivity index (χ3v) is 3.13. The molecule has 5 N–H and O–H groups in total. The third-order valence-electron chi connectivity index (χ3n) is 3.13. The number of phosphoric acid groups is 1. The van der Waals surface area contributed by atoms with Crippen LogP contribution >= 0.6 is 7.82 Å². The van der Waals surface area contributed by atoms with Gasteiger partial charge in [0.1, 0.15) is 24.6 Å². The van der Waals surface area contributed by atoms with Gasteiger partial charge in [0.25, 0.3) is 0 Å². The van der Waals surface area contributed by atoms with Crippen molar-refractivity contribution < 1.29 is 104 Å². The number of hydrogen-bond acceptors (Lipinski definition) is 11. The van der Waals surface area contributed by atoms with E-state index in [0.717, 1.165) is 6.33 Å². The number of rotatable bonds is 2. The summed E-state index contributed by atoms with van der Waals surface area (Å²) in [5.41, 5.74) is 0.433. The van der Waals surface area contributed by atoms with E-state index in [1.165, 1.54) is 10.9 Å². The molecule has 3 rings (SSSR count). The quantitative estimate of drug-likeness (QED) is 0.230. The summed E-state index contributed by atoms with van der Waals surface area (Å²) in [6, 6.07) is 0. The van der Waals surface area contributed by atoms with Crippen molar-refractivity contribution in [1.82, 2.24) is 19.5 Å². The molecule has 0 bridgehead atoms. The van der Waals surface area contributed by atoms with E-state index in [0.29, 0.717) is 0 Å². The molecule has 0 amide bonds. The fourth-order valence-corrected chi connectivity index (χ4v) is 2.14. The Morgan fingerprint density at radius 1 is 1.19 bits per heavy atom. The minimum atomic E-state index is -5.14. The molecule has 13 nitrogen and oxygen atoms in total. The van der Waals surface area contributed by atoms with Crippen LogP contribution in [0.25, 0.3) is 11.2 Å². The first kappa shape index (κ1) is 26.3. The molecule has 134 valence electrons. The number of nitrogens with zero attached hydrogens (tertiary/aromatic N) is 4. The molecule has 2 aromatic rings. The molecule has 0 aliphatic carbocycles. The van der Waals surface area contributed by atoms with Crippen LogP contribution in [-0.2, 0) is 9.30 Å². The number of ether oxygens (including phenoxy) is 1. The fraction of sp³-hybridized carbons (Fsp3) is 0.500. The van der Waals surface area contributed by atoms with Gasteiger partial charge < -0.3 is 44.4 Å². The zero-order valence-electron chi connectivity index (χ0n) is 13.8. The second-order valence-electron chi connectivity index (χ2n) is 4.72. The van der Waals surface area contributed by atoms with Crippen molar-refractivity contribution in [3.63, 3.8) is 0 Å². The first-order valence-electron chi connectivity index (χ1n) is 6.37. The van der Waals surface area contributed by atoms with Crippen molar-refractivity contribution in [3.05, 3.63) is 12.7 Å². The topological polar surface area (TPSA) is 217 Å². The van der Waals surface area contributed by atoms with E-state index >= 15 is 0 Å². The van der Waals surface area contributed by atoms with E-state index in [9.17, 15) is 15.3 Å². The molecule has 26 heavy (non-hydrogen) atoms. The van der Waals surface area contributed by atoms with Crippen LogP contribution in [0.1, 0.15) is 6.23 Å². The first-order chi connectivity index (χ1) is 11.1. The molecule has 1 aliphatic heterocycles. The van der Waals surface area contributed by atoms with Gasteiger partial charge in [-0.3, -0.25) is 4.57 Å². The predicted molar refractivity (Wildman–Crippen MR) is 69.8 cm³/mol. The number of hydrogen-bond donors (Lipinski definition) is 5. The van der Waals surface area contributed by atoms with E-state index in [4.69, 9.17) is 29.1 Å². The summed E-state index contributed by atoms with van der Waals surface area (Å²) < 4.78 is 15.4. The Balaban J connectivity index is 0.000000798. The summed E-state index contributed by atoms with van der Waals surface area (Å²) in [6.45, 7) is -0.415. The molecule has 1 saturated heterocycles. The molecule has 4 atom stereocenters. The summed E-state index contributed by atoms with van der Waals surface area (Å²) >= 11 is 0. The average molecular weight is 410 g/mol. The Kier molecular flexibility index (Phi) is 10.9. The molecule has 1 fully saturated rings. The first-order valence-corrected chi connectivity index (χ1v) is 7.86. The van der Waals surface area contributed by atoms with Gasteiger partial charge in [0.2, 0.25) is 5.88 Å². The number of aromatic hydroxyl groups is 1. The van der Waals surface area contributed by atoms with Crippen molar-refractivity contribution in [2.75, 3.05) is 6.61 Å². The van der Waals surface area contributed by atoms with E-state index in [-0.39, 0.29) is 76.2 Å². The summed E-state index contributed by atoms with van der Waals surface area (Å²) in [6.07, 6.45) is -1.79. The zero-order chi connectivity index (χ0) is 18.1. The van der Waals surface area contributed by atoms with Crippen LogP contribution < -0.4 is 68.9 Å². The van der Waals surface area contributed by atoms with Crippen LogP contribution in [0.3, 0.4) is 0 Å². The average Bonchev–Trinajstić information content (AvgIpc) is 3.01. The van der Waals surface area contributed by atoms with Gasteiger partial charge in [0.05, 0.1) is 20.8 Å². The van der Waals surface area contributed by atoms with Crippen LogP contribution in [0.4, 0.5) is 0 Å². The molecular formula is C10H13N4Na2O9P. The van der Waals surface area contributed by atoms with Gasteiger partial charge in [-0.05, 0) is 0 Å². The van der Waals surface area contributed by atoms with Gasteiger partial charge in [-0.2, -0.15) is 4.98 Å². The molecule has 3 heterocycles. The standard InChI is InChI=1S/C10H12N4O5.2Na.H3O4P/c15-1-4-6(16)7(17)10(19-4)14-3-13-5-8(14)11-2-12-9(5)18;;;1-5(2,3)4/h2-4,6-7,10,15-17H,1H2,(H,11,12,18);;;(H3,1,2,3,4)/q;2*+1;/p-2/t4-,6-,7-,10-;;;/m1.../s1. The molecule has 0 aromatic carbocycles. The van der Waals surface area contributed by atoms with Gasteiger partial charge in [-0.15, -0.1) is 0 Å². The number of fused-ring (bicyclic) bond motifs is 1.